The van der Waals surface area contributed by atoms with E-state index in [1.165, 1.54) is 12.5 Å². The lowest BCUT2D eigenvalue weighted by Gasteiger charge is -2.45. The molecule has 0 spiro atoms. The van der Waals surface area contributed by atoms with E-state index < -0.39 is 11.7 Å². The van der Waals surface area contributed by atoms with E-state index in [9.17, 15) is 18.0 Å². The molecule has 6 rings (SSSR count). The third kappa shape index (κ3) is 5.40. The summed E-state index contributed by atoms with van der Waals surface area (Å²) in [5.74, 6) is 0.963. The predicted octanol–water partition coefficient (Wildman–Crippen LogP) is 6.42. The molecule has 0 aliphatic carbocycles. The molecule has 1 atom stereocenters. The van der Waals surface area contributed by atoms with Crippen molar-refractivity contribution in [1.82, 2.24) is 9.97 Å². The second-order valence-electron chi connectivity index (χ2n) is 10.0. The molecule has 1 fully saturated rings. The number of nitrogens with one attached hydrogen (secondary N) is 1. The van der Waals surface area contributed by atoms with E-state index in [1.807, 2.05) is 30.4 Å². The molecule has 2 aliphatic heterocycles. The van der Waals surface area contributed by atoms with Crippen LogP contribution in [0, 0.1) is 0 Å². The number of nitrogens with zero attached hydrogens (tertiary/aromatic N) is 4. The topological polar surface area (TPSA) is 101 Å². The van der Waals surface area contributed by atoms with Crippen LogP contribution in [0.5, 0.6) is 0 Å². The summed E-state index contributed by atoms with van der Waals surface area (Å²) in [6.45, 7) is 1.82. The van der Waals surface area contributed by atoms with Crippen molar-refractivity contribution in [2.24, 2.45) is 5.73 Å². The van der Waals surface area contributed by atoms with E-state index in [0.29, 0.717) is 41.6 Å². The first kappa shape index (κ1) is 26.6. The van der Waals surface area contributed by atoms with Gasteiger partial charge in [0, 0.05) is 36.4 Å². The maximum absolute atomic E-state index is 13.9. The third-order valence-corrected chi connectivity index (χ3v) is 7.26. The molecule has 0 saturated carbocycles. The molecule has 2 aromatic heterocycles. The van der Waals surface area contributed by atoms with Crippen LogP contribution in [0.25, 0.3) is 28.7 Å². The summed E-state index contributed by atoms with van der Waals surface area (Å²) in [7, 11) is 0. The summed E-state index contributed by atoms with van der Waals surface area (Å²) in [4.78, 5) is 26.5. The fraction of sp³-hybridized carbons (Fsp3) is 0.233. The Hall–Kier alpha value is -4.64. The molecule has 41 heavy (non-hydrogen) atoms. The lowest BCUT2D eigenvalue weighted by molar-refractivity contribution is -0.137. The highest BCUT2D eigenvalue weighted by Crippen LogP contribution is 2.40. The molecule has 4 aromatic rings. The third-order valence-electron chi connectivity index (χ3n) is 7.26. The molecule has 1 saturated heterocycles. The van der Waals surface area contributed by atoms with Gasteiger partial charge in [0.05, 0.1) is 29.2 Å². The van der Waals surface area contributed by atoms with Gasteiger partial charge in [0.25, 0.3) is 0 Å². The summed E-state index contributed by atoms with van der Waals surface area (Å²) in [6, 6.07) is 13.6. The fourth-order valence-electron chi connectivity index (χ4n) is 5.41. The van der Waals surface area contributed by atoms with Gasteiger partial charge in [-0.05, 0) is 60.9 Å². The quantitative estimate of drug-likeness (QED) is 0.292. The summed E-state index contributed by atoms with van der Waals surface area (Å²) in [6.07, 6.45) is 3.80. The normalized spacial score (nSPS) is 16.6. The van der Waals surface area contributed by atoms with E-state index >= 15 is 0 Å². The molecule has 2 aromatic carbocycles. The monoisotopic (exact) mass is 560 g/mol. The second kappa shape index (κ2) is 10.7. The number of piperidine rings is 1. The minimum absolute atomic E-state index is 0.144. The van der Waals surface area contributed by atoms with Gasteiger partial charge in [-0.1, -0.05) is 24.3 Å². The van der Waals surface area contributed by atoms with Gasteiger partial charge in [-0.15, -0.1) is 0 Å². The van der Waals surface area contributed by atoms with Crippen LogP contribution in [0.2, 0.25) is 0 Å². The summed E-state index contributed by atoms with van der Waals surface area (Å²) >= 11 is 0. The number of carbonyl (C=O) groups is 1. The Labute approximate surface area is 234 Å². The number of aromatic nitrogens is 2. The lowest BCUT2D eigenvalue weighted by Crippen LogP contribution is -2.56. The number of alkyl halides is 3. The van der Waals surface area contributed by atoms with E-state index in [1.54, 1.807) is 29.3 Å². The molecule has 8 nitrogen and oxygen atoms in total. The van der Waals surface area contributed by atoms with Gasteiger partial charge in [-0.2, -0.15) is 13.2 Å². The first-order valence-electron chi connectivity index (χ1n) is 13.2. The molecule has 4 heterocycles. The number of hydrogen-bond acceptors (Lipinski definition) is 6. The number of anilines is 3. The Morgan fingerprint density at radius 1 is 1.15 bits per heavy atom. The zero-order valence-corrected chi connectivity index (χ0v) is 21.9. The van der Waals surface area contributed by atoms with Crippen LogP contribution < -0.4 is 20.9 Å². The van der Waals surface area contributed by atoms with Crippen LogP contribution in [-0.2, 0) is 6.18 Å². The van der Waals surface area contributed by atoms with Crippen molar-refractivity contribution in [2.45, 2.75) is 25.1 Å². The summed E-state index contributed by atoms with van der Waals surface area (Å²) in [5.41, 5.74) is 8.42. The molecule has 2 aliphatic rings. The van der Waals surface area contributed by atoms with Crippen molar-refractivity contribution < 1.29 is 22.4 Å². The van der Waals surface area contributed by atoms with Gasteiger partial charge in [0.15, 0.2) is 18.0 Å². The fourth-order valence-corrected chi connectivity index (χ4v) is 5.41. The van der Waals surface area contributed by atoms with Crippen molar-refractivity contribution in [3.63, 3.8) is 0 Å². The largest absolute Gasteiger partial charge is 0.444 e. The van der Waals surface area contributed by atoms with E-state index in [0.717, 1.165) is 48.3 Å². The number of oxazole rings is 1. The van der Waals surface area contributed by atoms with E-state index in [-0.39, 0.29) is 12.1 Å². The summed E-state index contributed by atoms with van der Waals surface area (Å²) < 4.78 is 45.7. The van der Waals surface area contributed by atoms with Gasteiger partial charge in [0.2, 0.25) is 0 Å². The molecular formula is C30H27F3N6O2. The molecule has 2 bridgehead atoms. The van der Waals surface area contributed by atoms with Crippen molar-refractivity contribution in [3.8, 4) is 22.6 Å². The molecular weight excluding hydrogens is 533 g/mol. The first-order chi connectivity index (χ1) is 19.8. The SMILES string of the molecule is NC/C=C/c1cc(NC(=O)N2c3nc(-c4cccc(C(F)(F)F)c4)ccc3N3CCC[C@H]2C3)cc(-c2cnco2)c1. The van der Waals surface area contributed by atoms with Crippen LogP contribution in [0.15, 0.2) is 77.7 Å². The number of carbonyl (C=O) groups excluding carboxylic acids is 1. The number of rotatable bonds is 5. The number of halogens is 3. The van der Waals surface area contributed by atoms with Crippen LogP contribution >= 0.6 is 0 Å². The number of pyridine rings is 1. The van der Waals surface area contributed by atoms with Gasteiger partial charge < -0.3 is 20.4 Å². The zero-order valence-electron chi connectivity index (χ0n) is 21.9. The van der Waals surface area contributed by atoms with Crippen LogP contribution in [0.3, 0.4) is 0 Å². The highest BCUT2D eigenvalue weighted by Gasteiger charge is 2.38. The number of urea groups is 1. The maximum atomic E-state index is 13.9. The smallest absolute Gasteiger partial charge is 0.416 e. The molecule has 3 N–H and O–H groups in total. The van der Waals surface area contributed by atoms with Crippen LogP contribution in [0.1, 0.15) is 24.0 Å². The Morgan fingerprint density at radius 3 is 2.80 bits per heavy atom. The van der Waals surface area contributed by atoms with Gasteiger partial charge in [-0.3, -0.25) is 4.90 Å². The molecule has 0 radical (unpaired) electrons. The average Bonchev–Trinajstić information content (AvgIpc) is 3.51. The second-order valence-corrected chi connectivity index (χ2v) is 10.0. The van der Waals surface area contributed by atoms with Gasteiger partial charge in [0.1, 0.15) is 0 Å². The molecule has 11 heteroatoms. The number of nitrogens with two attached hydrogens (primary N) is 1. The Balaban J connectivity index is 1.37. The van der Waals surface area contributed by atoms with E-state index in [4.69, 9.17) is 15.1 Å². The van der Waals surface area contributed by atoms with E-state index in [2.05, 4.69) is 15.2 Å². The van der Waals surface area contributed by atoms with Crippen molar-refractivity contribution >= 4 is 29.3 Å². The molecule has 2 amide bonds. The number of fused-ring (bicyclic) bond motifs is 4. The highest BCUT2D eigenvalue weighted by atomic mass is 19.4. The first-order valence-corrected chi connectivity index (χ1v) is 13.2. The Bertz CT molecular complexity index is 1600. The van der Waals surface area contributed by atoms with Gasteiger partial charge >= 0.3 is 12.2 Å². The number of amides is 2. The minimum Gasteiger partial charge on any atom is -0.444 e. The predicted molar refractivity (Wildman–Crippen MR) is 151 cm³/mol. The van der Waals surface area contributed by atoms with Crippen molar-refractivity contribution in [3.05, 3.63) is 84.4 Å². The van der Waals surface area contributed by atoms with Crippen LogP contribution in [-0.4, -0.2) is 41.7 Å². The summed E-state index contributed by atoms with van der Waals surface area (Å²) in [5, 5.41) is 3.02. The lowest BCUT2D eigenvalue weighted by atomic mass is 9.99. The molecule has 0 unspecified atom stereocenters. The Kier molecular flexibility index (Phi) is 6.96. The van der Waals surface area contributed by atoms with Crippen LogP contribution in [0.4, 0.5) is 35.2 Å². The van der Waals surface area contributed by atoms with Crippen molar-refractivity contribution in [1.29, 1.82) is 0 Å². The zero-order chi connectivity index (χ0) is 28.6. The highest BCUT2D eigenvalue weighted by molar-refractivity contribution is 6.05. The average molecular weight is 561 g/mol. The minimum atomic E-state index is -4.47. The Morgan fingerprint density at radius 2 is 2.02 bits per heavy atom. The van der Waals surface area contributed by atoms with Gasteiger partial charge in [-0.25, -0.2) is 14.8 Å². The van der Waals surface area contributed by atoms with Crippen molar-refractivity contribution in [2.75, 3.05) is 34.8 Å². The number of benzene rings is 2. The standard InChI is InChI=1S/C30H27F3N6O2/c31-30(32,33)22-6-1-5-20(14-22)25-8-9-26-28(37-25)39(24-7-3-11-38(26)17-24)29(40)36-23-13-19(4-2-10-34)12-21(15-23)27-16-35-18-41-27/h1-2,4-6,8-9,12-16,18,24H,3,7,10-11,17,34H2,(H,36,40)/b4-2+/t24-/m0/s1. The maximum Gasteiger partial charge on any atom is 0.416 e. The number of hydrogen-bond donors (Lipinski definition) is 2. The molecule has 210 valence electrons.